The van der Waals surface area contributed by atoms with Crippen LogP contribution in [0.15, 0.2) is 36.9 Å². The Morgan fingerprint density at radius 1 is 1.35 bits per heavy atom. The number of pyridine rings is 1. The monoisotopic (exact) mass is 272 g/mol. The minimum absolute atomic E-state index is 0.349. The first-order valence-corrected chi connectivity index (χ1v) is 7.11. The third kappa shape index (κ3) is 3.65. The maximum absolute atomic E-state index is 5.75. The van der Waals surface area contributed by atoms with E-state index < -0.39 is 0 Å². The Morgan fingerprint density at radius 2 is 2.35 bits per heavy atom. The number of rotatable bonds is 6. The lowest BCUT2D eigenvalue weighted by Crippen LogP contribution is -2.31. The summed E-state index contributed by atoms with van der Waals surface area (Å²) in [6.07, 6.45) is 8.12. The molecule has 0 unspecified atom stereocenters. The third-order valence-corrected chi connectivity index (χ3v) is 3.55. The Balaban J connectivity index is 1.65. The first kappa shape index (κ1) is 13.3. The Labute approximate surface area is 119 Å². The second-order valence-electron chi connectivity index (χ2n) is 5.20. The largest absolute Gasteiger partial charge is 0.377 e. The van der Waals surface area contributed by atoms with E-state index in [-0.39, 0.29) is 0 Å². The molecule has 20 heavy (non-hydrogen) atoms. The van der Waals surface area contributed by atoms with Crippen molar-refractivity contribution in [3.63, 3.8) is 0 Å². The van der Waals surface area contributed by atoms with Crippen LogP contribution in [0.25, 0.3) is 0 Å². The van der Waals surface area contributed by atoms with E-state index in [9.17, 15) is 0 Å². The predicted octanol–water partition coefficient (Wildman–Crippen LogP) is 1.99. The number of aromatic amines is 1. The predicted molar refractivity (Wildman–Crippen MR) is 75.9 cm³/mol. The van der Waals surface area contributed by atoms with E-state index in [2.05, 4.69) is 25.9 Å². The van der Waals surface area contributed by atoms with Gasteiger partial charge >= 0.3 is 0 Å². The smallest absolute Gasteiger partial charge is 0.0922 e. The zero-order chi connectivity index (χ0) is 13.6. The van der Waals surface area contributed by atoms with Crippen molar-refractivity contribution in [1.29, 1.82) is 0 Å². The normalized spacial score (nSPS) is 18.8. The second-order valence-corrected chi connectivity index (χ2v) is 5.20. The Kier molecular flexibility index (Phi) is 4.40. The molecule has 0 saturated carbocycles. The molecule has 106 valence electrons. The van der Waals surface area contributed by atoms with Gasteiger partial charge in [-0.3, -0.25) is 9.88 Å². The van der Waals surface area contributed by atoms with E-state index in [1.807, 2.05) is 24.5 Å². The molecule has 5 heteroatoms. The molecule has 2 aromatic rings. The molecule has 0 amide bonds. The van der Waals surface area contributed by atoms with E-state index in [0.717, 1.165) is 44.0 Å². The zero-order valence-electron chi connectivity index (χ0n) is 11.5. The molecule has 1 aliphatic heterocycles. The highest BCUT2D eigenvalue weighted by Crippen LogP contribution is 2.16. The van der Waals surface area contributed by atoms with Crippen molar-refractivity contribution < 1.29 is 4.74 Å². The first-order chi connectivity index (χ1) is 9.90. The summed E-state index contributed by atoms with van der Waals surface area (Å²) in [7, 11) is 0. The number of ether oxygens (including phenoxy) is 1. The van der Waals surface area contributed by atoms with Crippen LogP contribution in [0.1, 0.15) is 24.2 Å². The summed E-state index contributed by atoms with van der Waals surface area (Å²) in [4.78, 5) is 14.0. The van der Waals surface area contributed by atoms with E-state index in [4.69, 9.17) is 4.74 Å². The standard InChI is InChI=1S/C15H20N4O/c1-2-6-17-13(4-1)9-19(10-14-8-16-12-18-14)11-15-5-3-7-20-15/h1-2,4,6,8,12,15H,3,5,7,9-11H2,(H,16,18)/t15-/m1/s1. The van der Waals surface area contributed by atoms with Crippen molar-refractivity contribution in [2.24, 2.45) is 0 Å². The van der Waals surface area contributed by atoms with Crippen molar-refractivity contribution in [2.45, 2.75) is 32.0 Å². The molecule has 0 aliphatic carbocycles. The molecule has 1 fully saturated rings. The van der Waals surface area contributed by atoms with Crippen molar-refractivity contribution in [2.75, 3.05) is 13.2 Å². The lowest BCUT2D eigenvalue weighted by molar-refractivity contribution is 0.0671. The quantitative estimate of drug-likeness (QED) is 0.873. The Hall–Kier alpha value is -1.72. The van der Waals surface area contributed by atoms with Crippen LogP contribution in [0.5, 0.6) is 0 Å². The van der Waals surface area contributed by atoms with E-state index >= 15 is 0 Å². The van der Waals surface area contributed by atoms with Gasteiger partial charge in [0.05, 0.1) is 18.1 Å². The molecule has 1 N–H and O–H groups in total. The van der Waals surface area contributed by atoms with Gasteiger partial charge in [0, 0.05) is 44.3 Å². The maximum atomic E-state index is 5.75. The minimum Gasteiger partial charge on any atom is -0.377 e. The van der Waals surface area contributed by atoms with Gasteiger partial charge in [0.15, 0.2) is 0 Å². The van der Waals surface area contributed by atoms with Crippen LogP contribution in [-0.4, -0.2) is 39.1 Å². The number of nitrogens with zero attached hydrogens (tertiary/aromatic N) is 3. The van der Waals surface area contributed by atoms with Crippen LogP contribution >= 0.6 is 0 Å². The highest BCUT2D eigenvalue weighted by atomic mass is 16.5. The van der Waals surface area contributed by atoms with Crippen molar-refractivity contribution in [3.8, 4) is 0 Å². The van der Waals surface area contributed by atoms with E-state index in [1.54, 1.807) is 6.33 Å². The number of imidazole rings is 1. The summed E-state index contributed by atoms with van der Waals surface area (Å²) in [5, 5.41) is 0. The molecule has 1 atom stereocenters. The molecular weight excluding hydrogens is 252 g/mol. The Morgan fingerprint density at radius 3 is 3.05 bits per heavy atom. The highest BCUT2D eigenvalue weighted by Gasteiger charge is 2.20. The summed E-state index contributed by atoms with van der Waals surface area (Å²) < 4.78 is 5.75. The highest BCUT2D eigenvalue weighted by molar-refractivity contribution is 5.04. The average Bonchev–Trinajstić information content (AvgIpc) is 3.13. The average molecular weight is 272 g/mol. The molecule has 1 saturated heterocycles. The number of aromatic nitrogens is 3. The van der Waals surface area contributed by atoms with Gasteiger partial charge < -0.3 is 9.72 Å². The van der Waals surface area contributed by atoms with Crippen LogP contribution in [-0.2, 0) is 17.8 Å². The lowest BCUT2D eigenvalue weighted by Gasteiger charge is -2.24. The van der Waals surface area contributed by atoms with Gasteiger partial charge in [0.1, 0.15) is 0 Å². The van der Waals surface area contributed by atoms with Crippen LogP contribution < -0.4 is 0 Å². The number of H-pyrrole nitrogens is 1. The molecule has 0 spiro atoms. The summed E-state index contributed by atoms with van der Waals surface area (Å²) >= 11 is 0. The van der Waals surface area contributed by atoms with Gasteiger partial charge in [-0.15, -0.1) is 0 Å². The van der Waals surface area contributed by atoms with Gasteiger partial charge in [0.2, 0.25) is 0 Å². The number of hydrogen-bond acceptors (Lipinski definition) is 4. The SMILES string of the molecule is c1ccc(CN(Cc2cnc[nH]2)C[C@H]2CCCO2)nc1. The van der Waals surface area contributed by atoms with Crippen molar-refractivity contribution in [1.82, 2.24) is 19.9 Å². The molecular formula is C15H20N4O. The number of nitrogens with one attached hydrogen (secondary N) is 1. The fourth-order valence-electron chi connectivity index (χ4n) is 2.59. The lowest BCUT2D eigenvalue weighted by atomic mass is 10.2. The summed E-state index contributed by atoms with van der Waals surface area (Å²) in [5.41, 5.74) is 2.21. The third-order valence-electron chi connectivity index (χ3n) is 3.55. The molecule has 3 heterocycles. The van der Waals surface area contributed by atoms with Crippen LogP contribution in [0.2, 0.25) is 0 Å². The summed E-state index contributed by atoms with van der Waals surface area (Å²) in [6.45, 7) is 3.51. The van der Waals surface area contributed by atoms with E-state index in [0.29, 0.717) is 6.10 Å². The maximum Gasteiger partial charge on any atom is 0.0922 e. The van der Waals surface area contributed by atoms with Gasteiger partial charge in [-0.25, -0.2) is 4.98 Å². The molecule has 3 rings (SSSR count). The zero-order valence-corrected chi connectivity index (χ0v) is 11.5. The molecule has 0 bridgehead atoms. The summed E-state index contributed by atoms with van der Waals surface area (Å²) in [6, 6.07) is 6.04. The molecule has 0 radical (unpaired) electrons. The molecule has 0 aromatic carbocycles. The number of hydrogen-bond donors (Lipinski definition) is 1. The van der Waals surface area contributed by atoms with Crippen LogP contribution in [0.4, 0.5) is 0 Å². The van der Waals surface area contributed by atoms with Gasteiger partial charge in [0.25, 0.3) is 0 Å². The van der Waals surface area contributed by atoms with Crippen molar-refractivity contribution in [3.05, 3.63) is 48.3 Å². The van der Waals surface area contributed by atoms with Gasteiger partial charge in [-0.05, 0) is 25.0 Å². The first-order valence-electron chi connectivity index (χ1n) is 7.11. The minimum atomic E-state index is 0.349. The topological polar surface area (TPSA) is 54.0 Å². The van der Waals surface area contributed by atoms with Crippen LogP contribution in [0, 0.1) is 0 Å². The Bertz CT molecular complexity index is 494. The fraction of sp³-hybridized carbons (Fsp3) is 0.467. The molecule has 5 nitrogen and oxygen atoms in total. The molecule has 1 aliphatic rings. The second kappa shape index (κ2) is 6.63. The molecule has 2 aromatic heterocycles. The van der Waals surface area contributed by atoms with Gasteiger partial charge in [-0.2, -0.15) is 0 Å². The van der Waals surface area contributed by atoms with E-state index in [1.165, 1.54) is 6.42 Å². The fourth-order valence-corrected chi connectivity index (χ4v) is 2.59. The van der Waals surface area contributed by atoms with Crippen LogP contribution in [0.3, 0.4) is 0 Å². The van der Waals surface area contributed by atoms with Crippen molar-refractivity contribution >= 4 is 0 Å². The summed E-state index contributed by atoms with van der Waals surface area (Å²) in [5.74, 6) is 0. The van der Waals surface area contributed by atoms with Gasteiger partial charge in [-0.1, -0.05) is 6.07 Å².